The molecule has 0 bridgehead atoms. The quantitative estimate of drug-likeness (QED) is 0.369. The first-order chi connectivity index (χ1) is 6.41. The fraction of sp³-hybridized carbons (Fsp3) is 0.692. The van der Waals surface area contributed by atoms with E-state index in [0.717, 1.165) is 0 Å². The lowest BCUT2D eigenvalue weighted by Gasteiger charge is -1.93. The van der Waals surface area contributed by atoms with Crippen molar-refractivity contribution in [2.75, 3.05) is 0 Å². The van der Waals surface area contributed by atoms with Crippen LogP contribution in [-0.2, 0) is 0 Å². The van der Waals surface area contributed by atoms with Crippen molar-refractivity contribution in [3.8, 4) is 0 Å². The van der Waals surface area contributed by atoms with Gasteiger partial charge in [-0.15, -0.1) is 0 Å². The van der Waals surface area contributed by atoms with E-state index in [1.54, 1.807) is 0 Å². The Hall–Kier alpha value is -0.520. The summed E-state index contributed by atoms with van der Waals surface area (Å²) in [6.45, 7) is 4.33. The van der Waals surface area contributed by atoms with E-state index in [1.807, 2.05) is 0 Å². The summed E-state index contributed by atoms with van der Waals surface area (Å²) in [5.41, 5.74) is 0. The largest absolute Gasteiger partial charge is 0.0917 e. The number of allylic oxidation sites excluding steroid dienone is 4. The molecule has 0 aromatic carbocycles. The molecule has 0 atom stereocenters. The summed E-state index contributed by atoms with van der Waals surface area (Å²) in [6, 6.07) is 0. The maximum absolute atomic E-state index is 2.34. The molecule has 0 aliphatic rings. The van der Waals surface area contributed by atoms with E-state index < -0.39 is 0 Å². The monoisotopic (exact) mass is 180 g/mol. The van der Waals surface area contributed by atoms with Crippen LogP contribution in [0, 0.1) is 0 Å². The van der Waals surface area contributed by atoms with Crippen LogP contribution in [-0.4, -0.2) is 0 Å². The highest BCUT2D eigenvalue weighted by Crippen LogP contribution is 2.03. The molecule has 13 heavy (non-hydrogen) atoms. The lowest BCUT2D eigenvalue weighted by molar-refractivity contribution is 0.756. The number of unbranched alkanes of at least 4 members (excludes halogenated alkanes) is 5. The van der Waals surface area contributed by atoms with Crippen molar-refractivity contribution in [3.05, 3.63) is 24.3 Å². The highest BCUT2D eigenvalue weighted by Gasteiger charge is 1.83. The molecule has 0 spiro atoms. The Bertz CT molecular complexity index is 131. The summed E-state index contributed by atoms with van der Waals surface area (Å²) in [5, 5.41) is 0. The van der Waals surface area contributed by atoms with Gasteiger partial charge in [-0.3, -0.25) is 0 Å². The molecule has 0 nitrogen and oxygen atoms in total. The van der Waals surface area contributed by atoms with Gasteiger partial charge in [0.1, 0.15) is 0 Å². The third-order valence-corrected chi connectivity index (χ3v) is 2.12. The molecule has 0 amide bonds. The van der Waals surface area contributed by atoms with Gasteiger partial charge in [0.2, 0.25) is 0 Å². The van der Waals surface area contributed by atoms with E-state index in [2.05, 4.69) is 38.2 Å². The van der Waals surface area contributed by atoms with Crippen LogP contribution in [0.25, 0.3) is 0 Å². The van der Waals surface area contributed by atoms with E-state index >= 15 is 0 Å². The maximum Gasteiger partial charge on any atom is -0.0351 e. The van der Waals surface area contributed by atoms with Gasteiger partial charge in [-0.05, 0) is 39.0 Å². The molecule has 0 aliphatic heterocycles. The van der Waals surface area contributed by atoms with E-state index in [4.69, 9.17) is 0 Å². The van der Waals surface area contributed by atoms with Gasteiger partial charge in [-0.1, -0.05) is 44.1 Å². The second kappa shape index (κ2) is 11.5. The highest BCUT2D eigenvalue weighted by molar-refractivity contribution is 4.82. The van der Waals surface area contributed by atoms with E-state index in [0.29, 0.717) is 0 Å². The predicted molar refractivity (Wildman–Crippen MR) is 61.9 cm³/mol. The molecule has 0 fully saturated rings. The van der Waals surface area contributed by atoms with Crippen molar-refractivity contribution in [1.82, 2.24) is 0 Å². The van der Waals surface area contributed by atoms with E-state index in [1.165, 1.54) is 44.9 Å². The number of rotatable bonds is 8. The third kappa shape index (κ3) is 11.5. The van der Waals surface area contributed by atoms with Crippen molar-refractivity contribution < 1.29 is 0 Å². The SMILES string of the molecule is C/C=C/CCCC/C=C/CCCC. The smallest absolute Gasteiger partial charge is 0.0351 e. The molecule has 0 radical (unpaired) electrons. The lowest BCUT2D eigenvalue weighted by atomic mass is 10.1. The Morgan fingerprint density at radius 2 is 1.31 bits per heavy atom. The number of hydrogen-bond acceptors (Lipinski definition) is 0. The van der Waals surface area contributed by atoms with Gasteiger partial charge in [-0.25, -0.2) is 0 Å². The van der Waals surface area contributed by atoms with Gasteiger partial charge >= 0.3 is 0 Å². The van der Waals surface area contributed by atoms with Crippen LogP contribution in [0.15, 0.2) is 24.3 Å². The Morgan fingerprint density at radius 3 is 1.85 bits per heavy atom. The van der Waals surface area contributed by atoms with Gasteiger partial charge < -0.3 is 0 Å². The first kappa shape index (κ1) is 12.5. The van der Waals surface area contributed by atoms with Crippen molar-refractivity contribution in [2.24, 2.45) is 0 Å². The molecule has 0 aliphatic carbocycles. The van der Waals surface area contributed by atoms with Crippen molar-refractivity contribution in [3.63, 3.8) is 0 Å². The first-order valence-corrected chi connectivity index (χ1v) is 5.68. The molecule has 0 unspecified atom stereocenters. The van der Waals surface area contributed by atoms with Crippen LogP contribution >= 0.6 is 0 Å². The van der Waals surface area contributed by atoms with Crippen molar-refractivity contribution >= 4 is 0 Å². The second-order valence-corrected chi connectivity index (χ2v) is 3.47. The van der Waals surface area contributed by atoms with Crippen LogP contribution in [0.2, 0.25) is 0 Å². The van der Waals surface area contributed by atoms with E-state index in [9.17, 15) is 0 Å². The van der Waals surface area contributed by atoms with E-state index in [-0.39, 0.29) is 0 Å². The minimum absolute atomic E-state index is 1.25. The summed E-state index contributed by atoms with van der Waals surface area (Å²) >= 11 is 0. The molecule has 76 valence electrons. The molecule has 0 aromatic rings. The molecule has 0 aromatic heterocycles. The highest BCUT2D eigenvalue weighted by atomic mass is 13.9. The molecule has 0 rings (SSSR count). The zero-order chi connectivity index (χ0) is 9.78. The summed E-state index contributed by atoms with van der Waals surface area (Å²) in [7, 11) is 0. The van der Waals surface area contributed by atoms with Gasteiger partial charge in [0, 0.05) is 0 Å². The fourth-order valence-electron chi connectivity index (χ4n) is 1.25. The van der Waals surface area contributed by atoms with Crippen LogP contribution in [0.4, 0.5) is 0 Å². The number of hydrogen-bond donors (Lipinski definition) is 0. The zero-order valence-electron chi connectivity index (χ0n) is 9.26. The first-order valence-electron chi connectivity index (χ1n) is 5.68. The average Bonchev–Trinajstić information content (AvgIpc) is 2.16. The standard InChI is InChI=1S/C13H24/c1-3-5-7-9-11-13-12-10-8-6-4-2/h3,5,10,12H,4,6-9,11,13H2,1-2H3/b5-3+,12-10+. The predicted octanol–water partition coefficient (Wildman–Crippen LogP) is 4.87. The van der Waals surface area contributed by atoms with Gasteiger partial charge in [0.15, 0.2) is 0 Å². The topological polar surface area (TPSA) is 0 Å². The molecule has 0 heteroatoms. The Kier molecular flexibility index (Phi) is 11.0. The second-order valence-electron chi connectivity index (χ2n) is 3.47. The minimum Gasteiger partial charge on any atom is -0.0917 e. The molecule has 0 saturated heterocycles. The van der Waals surface area contributed by atoms with Gasteiger partial charge in [-0.2, -0.15) is 0 Å². The van der Waals surface area contributed by atoms with Crippen LogP contribution in [0.1, 0.15) is 58.8 Å². The molecule has 0 saturated carbocycles. The summed E-state index contributed by atoms with van der Waals surface area (Å²) < 4.78 is 0. The van der Waals surface area contributed by atoms with Crippen LogP contribution < -0.4 is 0 Å². The Morgan fingerprint density at radius 1 is 0.769 bits per heavy atom. The zero-order valence-corrected chi connectivity index (χ0v) is 9.26. The molecular weight excluding hydrogens is 156 g/mol. The maximum atomic E-state index is 2.34. The Labute approximate surface area is 83.7 Å². The molecule has 0 heterocycles. The molecular formula is C13H24. The van der Waals surface area contributed by atoms with Gasteiger partial charge in [0.25, 0.3) is 0 Å². The van der Waals surface area contributed by atoms with Crippen LogP contribution in [0.3, 0.4) is 0 Å². The van der Waals surface area contributed by atoms with Crippen molar-refractivity contribution in [1.29, 1.82) is 0 Å². The summed E-state index contributed by atoms with van der Waals surface area (Å²) in [4.78, 5) is 0. The minimum atomic E-state index is 1.25. The Balaban J connectivity index is 3.01. The van der Waals surface area contributed by atoms with Crippen LogP contribution in [0.5, 0.6) is 0 Å². The normalized spacial score (nSPS) is 11.8. The summed E-state index contributed by atoms with van der Waals surface area (Å²) in [6.07, 6.45) is 18.2. The summed E-state index contributed by atoms with van der Waals surface area (Å²) in [5.74, 6) is 0. The van der Waals surface area contributed by atoms with Gasteiger partial charge in [0.05, 0.1) is 0 Å². The fourth-order valence-corrected chi connectivity index (χ4v) is 1.25. The third-order valence-electron chi connectivity index (χ3n) is 2.12. The lowest BCUT2D eigenvalue weighted by Crippen LogP contribution is -1.72. The average molecular weight is 180 g/mol. The molecule has 0 N–H and O–H groups in total. The van der Waals surface area contributed by atoms with Crippen molar-refractivity contribution in [2.45, 2.75) is 58.8 Å².